The van der Waals surface area contributed by atoms with Gasteiger partial charge in [-0.25, -0.2) is 9.59 Å². The molecule has 0 radical (unpaired) electrons. The van der Waals surface area contributed by atoms with Crippen LogP contribution in [0.25, 0.3) is 0 Å². The van der Waals surface area contributed by atoms with Crippen LogP contribution >= 0.6 is 0 Å². The van der Waals surface area contributed by atoms with E-state index >= 15 is 0 Å². The summed E-state index contributed by atoms with van der Waals surface area (Å²) >= 11 is 0. The number of carboxylic acids is 1. The van der Waals surface area contributed by atoms with Crippen molar-refractivity contribution in [3.05, 3.63) is 0 Å². The minimum atomic E-state index is -1.58. The van der Waals surface area contributed by atoms with E-state index in [1.54, 1.807) is 0 Å². The topological polar surface area (TPSA) is 108 Å². The molecule has 1 heterocycles. The first kappa shape index (κ1) is 12.7. The second-order valence-electron chi connectivity index (χ2n) is 3.62. The maximum Gasteiger partial charge on any atom is 0.334 e. The molecule has 0 aromatic carbocycles. The van der Waals surface area contributed by atoms with E-state index in [0.717, 1.165) is 12.8 Å². The quantitative estimate of drug-likeness (QED) is 0.492. The van der Waals surface area contributed by atoms with Crippen molar-refractivity contribution in [3.8, 4) is 0 Å². The predicted molar refractivity (Wildman–Crippen MR) is 54.0 cm³/mol. The summed E-state index contributed by atoms with van der Waals surface area (Å²) in [5.41, 5.74) is 0. The Balaban J connectivity index is 2.17. The molecule has 0 spiro atoms. The number of amides is 2. The van der Waals surface area contributed by atoms with Gasteiger partial charge in [-0.3, -0.25) is 0 Å². The van der Waals surface area contributed by atoms with Crippen LogP contribution in [0.4, 0.5) is 4.79 Å². The minimum Gasteiger partial charge on any atom is -0.479 e. The Kier molecular flexibility index (Phi) is 5.00. The Morgan fingerprint density at radius 3 is 2.81 bits per heavy atom. The molecule has 1 unspecified atom stereocenters. The molecule has 1 saturated heterocycles. The van der Waals surface area contributed by atoms with E-state index in [9.17, 15) is 9.59 Å². The van der Waals surface area contributed by atoms with E-state index in [1.165, 1.54) is 0 Å². The number of urea groups is 1. The first-order valence-electron chi connectivity index (χ1n) is 5.12. The molecule has 4 N–H and O–H groups in total. The fraction of sp³-hybridized carbons (Fsp3) is 0.778. The van der Waals surface area contributed by atoms with E-state index in [4.69, 9.17) is 14.9 Å². The standard InChI is InChI=1S/C9H16N2O5/c12-7(8(13)14)4-10-9(15)11-6-2-1-3-16-5-6/h6-7,12H,1-5H2,(H,13,14)(H2,10,11,15)/t6?,7-/m0/s1. The van der Waals surface area contributed by atoms with Crippen molar-refractivity contribution in [3.63, 3.8) is 0 Å². The second kappa shape index (κ2) is 6.29. The van der Waals surface area contributed by atoms with Crippen LogP contribution in [0.3, 0.4) is 0 Å². The van der Waals surface area contributed by atoms with Gasteiger partial charge in [-0.05, 0) is 12.8 Å². The molecular formula is C9H16N2O5. The lowest BCUT2D eigenvalue weighted by molar-refractivity contribution is -0.146. The van der Waals surface area contributed by atoms with Crippen LogP contribution < -0.4 is 10.6 Å². The molecule has 0 saturated carbocycles. The van der Waals surface area contributed by atoms with E-state index < -0.39 is 18.1 Å². The molecule has 0 aliphatic carbocycles. The van der Waals surface area contributed by atoms with Gasteiger partial charge in [-0.15, -0.1) is 0 Å². The molecule has 1 rings (SSSR count). The van der Waals surface area contributed by atoms with Crippen LogP contribution in [-0.2, 0) is 9.53 Å². The molecule has 0 aromatic heterocycles. The molecule has 1 aliphatic heterocycles. The van der Waals surface area contributed by atoms with E-state index in [1.807, 2.05) is 0 Å². The largest absolute Gasteiger partial charge is 0.479 e. The number of carboxylic acid groups (broad SMARTS) is 1. The van der Waals surface area contributed by atoms with Gasteiger partial charge in [0.15, 0.2) is 6.10 Å². The normalized spacial score (nSPS) is 22.2. The number of carbonyl (C=O) groups is 2. The Morgan fingerprint density at radius 1 is 1.50 bits per heavy atom. The lowest BCUT2D eigenvalue weighted by atomic mass is 10.1. The number of ether oxygens (including phenoxy) is 1. The molecule has 2 amide bonds. The zero-order valence-electron chi connectivity index (χ0n) is 8.81. The molecule has 7 heteroatoms. The highest BCUT2D eigenvalue weighted by molar-refractivity contribution is 5.76. The van der Waals surface area contributed by atoms with Crippen molar-refractivity contribution in [1.82, 2.24) is 10.6 Å². The fourth-order valence-electron chi connectivity index (χ4n) is 1.37. The molecule has 1 aliphatic rings. The Morgan fingerprint density at radius 2 is 2.25 bits per heavy atom. The third-order valence-corrected chi connectivity index (χ3v) is 2.24. The molecule has 1 fully saturated rings. The average Bonchev–Trinajstić information content (AvgIpc) is 2.27. The minimum absolute atomic E-state index is 0.0456. The number of aliphatic carboxylic acids is 1. The van der Waals surface area contributed by atoms with Crippen LogP contribution in [-0.4, -0.2) is 54.1 Å². The van der Waals surface area contributed by atoms with E-state index in [2.05, 4.69) is 10.6 Å². The van der Waals surface area contributed by atoms with Gasteiger partial charge in [-0.2, -0.15) is 0 Å². The van der Waals surface area contributed by atoms with Gasteiger partial charge in [-0.1, -0.05) is 0 Å². The summed E-state index contributed by atoms with van der Waals surface area (Å²) in [6.07, 6.45) is 0.158. The van der Waals surface area contributed by atoms with Gasteiger partial charge in [0, 0.05) is 6.61 Å². The summed E-state index contributed by atoms with van der Waals surface area (Å²) in [4.78, 5) is 21.5. The maximum atomic E-state index is 11.3. The number of rotatable bonds is 4. The van der Waals surface area contributed by atoms with Crippen LogP contribution in [0.5, 0.6) is 0 Å². The van der Waals surface area contributed by atoms with Crippen molar-refractivity contribution >= 4 is 12.0 Å². The van der Waals surface area contributed by atoms with Gasteiger partial charge >= 0.3 is 12.0 Å². The molecule has 92 valence electrons. The van der Waals surface area contributed by atoms with Crippen LogP contribution in [0.15, 0.2) is 0 Å². The summed E-state index contributed by atoms with van der Waals surface area (Å²) in [5.74, 6) is -1.36. The summed E-state index contributed by atoms with van der Waals surface area (Å²) in [7, 11) is 0. The van der Waals surface area contributed by atoms with Gasteiger partial charge in [0.1, 0.15) is 0 Å². The monoisotopic (exact) mass is 232 g/mol. The zero-order chi connectivity index (χ0) is 12.0. The number of aliphatic hydroxyl groups is 1. The molecule has 0 bridgehead atoms. The SMILES string of the molecule is O=C(NC[C@H](O)C(=O)O)NC1CCCOC1. The van der Waals surface area contributed by atoms with Gasteiger partial charge < -0.3 is 25.6 Å². The second-order valence-corrected chi connectivity index (χ2v) is 3.62. The number of nitrogens with one attached hydrogen (secondary N) is 2. The van der Waals surface area contributed by atoms with Crippen LogP contribution in [0.1, 0.15) is 12.8 Å². The average molecular weight is 232 g/mol. The van der Waals surface area contributed by atoms with Crippen LogP contribution in [0, 0.1) is 0 Å². The first-order valence-corrected chi connectivity index (χ1v) is 5.12. The van der Waals surface area contributed by atoms with E-state index in [-0.39, 0.29) is 12.6 Å². The van der Waals surface area contributed by atoms with Crippen molar-refractivity contribution in [2.75, 3.05) is 19.8 Å². The predicted octanol–water partition coefficient (Wildman–Crippen LogP) is -1.09. The molecule has 16 heavy (non-hydrogen) atoms. The lowest BCUT2D eigenvalue weighted by Gasteiger charge is -2.23. The number of aliphatic hydroxyl groups excluding tert-OH is 1. The summed E-state index contributed by atoms with van der Waals surface area (Å²) in [5, 5.41) is 22.2. The summed E-state index contributed by atoms with van der Waals surface area (Å²) in [6, 6.07) is -0.536. The van der Waals surface area contributed by atoms with Crippen molar-refractivity contribution < 1.29 is 24.5 Å². The Bertz CT molecular complexity index is 252. The van der Waals surface area contributed by atoms with Crippen molar-refractivity contribution in [2.45, 2.75) is 25.0 Å². The van der Waals surface area contributed by atoms with Crippen molar-refractivity contribution in [2.24, 2.45) is 0 Å². The third-order valence-electron chi connectivity index (χ3n) is 2.24. The first-order chi connectivity index (χ1) is 7.59. The smallest absolute Gasteiger partial charge is 0.334 e. The van der Waals surface area contributed by atoms with Crippen molar-refractivity contribution in [1.29, 1.82) is 0 Å². The highest BCUT2D eigenvalue weighted by atomic mass is 16.5. The Hall–Kier alpha value is -1.34. The van der Waals surface area contributed by atoms with Crippen LogP contribution in [0.2, 0.25) is 0 Å². The lowest BCUT2D eigenvalue weighted by Crippen LogP contribution is -2.48. The maximum absolute atomic E-state index is 11.3. The molecular weight excluding hydrogens is 216 g/mol. The summed E-state index contributed by atoms with van der Waals surface area (Å²) < 4.78 is 5.16. The number of hydrogen-bond acceptors (Lipinski definition) is 4. The zero-order valence-corrected chi connectivity index (χ0v) is 8.81. The summed E-state index contributed by atoms with van der Waals surface area (Å²) in [6.45, 7) is 0.862. The van der Waals surface area contributed by atoms with Gasteiger partial charge in [0.05, 0.1) is 19.2 Å². The molecule has 7 nitrogen and oxygen atoms in total. The number of hydrogen-bond donors (Lipinski definition) is 4. The third kappa shape index (κ3) is 4.45. The fourth-order valence-corrected chi connectivity index (χ4v) is 1.37. The highest BCUT2D eigenvalue weighted by Crippen LogP contribution is 2.05. The Labute approximate surface area is 92.8 Å². The van der Waals surface area contributed by atoms with Gasteiger partial charge in [0.25, 0.3) is 0 Å². The van der Waals surface area contributed by atoms with Gasteiger partial charge in [0.2, 0.25) is 0 Å². The molecule has 2 atom stereocenters. The molecule has 0 aromatic rings. The van der Waals surface area contributed by atoms with E-state index in [0.29, 0.717) is 13.2 Å². The highest BCUT2D eigenvalue weighted by Gasteiger charge is 2.18. The number of carbonyl (C=O) groups excluding carboxylic acids is 1.